The number of carboxylic acid groups (broad SMARTS) is 1. The number of nitriles is 1. The van der Waals surface area contributed by atoms with E-state index in [1.54, 1.807) is 12.1 Å². The largest absolute Gasteiger partial charge is 0.481 e. The Bertz CT molecular complexity index is 517. The molecular weight excluding hydrogens is 264 g/mol. The highest BCUT2D eigenvalue weighted by Gasteiger charge is 2.25. The quantitative estimate of drug-likeness (QED) is 0.890. The second-order valence-electron chi connectivity index (χ2n) is 4.84. The van der Waals surface area contributed by atoms with Crippen LogP contribution in [0.2, 0.25) is 5.02 Å². The van der Waals surface area contributed by atoms with Crippen molar-refractivity contribution in [3.05, 3.63) is 28.8 Å². The van der Waals surface area contributed by atoms with Crippen molar-refractivity contribution in [3.8, 4) is 6.07 Å². The number of nitrogens with one attached hydrogen (secondary N) is 1. The van der Waals surface area contributed by atoms with Crippen LogP contribution in [0.5, 0.6) is 0 Å². The van der Waals surface area contributed by atoms with Gasteiger partial charge in [0.15, 0.2) is 0 Å². The third-order valence-electron chi connectivity index (χ3n) is 3.53. The fraction of sp³-hybridized carbons (Fsp3) is 0.429. The minimum Gasteiger partial charge on any atom is -0.481 e. The van der Waals surface area contributed by atoms with Gasteiger partial charge in [0.25, 0.3) is 0 Å². The molecule has 0 atom stereocenters. The van der Waals surface area contributed by atoms with Gasteiger partial charge in [-0.3, -0.25) is 4.79 Å². The predicted octanol–water partition coefficient (Wildman–Crippen LogP) is 3.27. The molecule has 0 unspecified atom stereocenters. The van der Waals surface area contributed by atoms with Crippen LogP contribution >= 0.6 is 11.6 Å². The lowest BCUT2D eigenvalue weighted by atomic mass is 9.86. The lowest BCUT2D eigenvalue weighted by molar-refractivity contribution is -0.142. The van der Waals surface area contributed by atoms with Gasteiger partial charge in [0, 0.05) is 11.7 Å². The van der Waals surface area contributed by atoms with E-state index >= 15 is 0 Å². The van der Waals surface area contributed by atoms with Crippen molar-refractivity contribution < 1.29 is 9.90 Å². The number of anilines is 1. The number of nitrogens with zero attached hydrogens (tertiary/aromatic N) is 1. The molecule has 0 aliphatic heterocycles. The van der Waals surface area contributed by atoms with Gasteiger partial charge < -0.3 is 10.4 Å². The standard InChI is InChI=1S/C14H15ClN2O2/c15-13-6-5-12(7-10(13)8-16)17-11-3-1-9(2-4-11)14(18)19/h5-7,9,11,17H,1-4H2,(H,18,19). The van der Waals surface area contributed by atoms with E-state index in [9.17, 15) is 4.79 Å². The molecule has 1 saturated carbocycles. The second kappa shape index (κ2) is 5.94. The summed E-state index contributed by atoms with van der Waals surface area (Å²) < 4.78 is 0. The Morgan fingerprint density at radius 3 is 2.63 bits per heavy atom. The summed E-state index contributed by atoms with van der Waals surface area (Å²) >= 11 is 5.88. The van der Waals surface area contributed by atoms with Crippen LogP contribution in [0.25, 0.3) is 0 Å². The number of rotatable bonds is 3. The van der Waals surface area contributed by atoms with Crippen LogP contribution in [0.4, 0.5) is 5.69 Å². The van der Waals surface area contributed by atoms with Gasteiger partial charge in [0.2, 0.25) is 0 Å². The molecule has 0 spiro atoms. The third kappa shape index (κ3) is 3.39. The summed E-state index contributed by atoms with van der Waals surface area (Å²) in [7, 11) is 0. The van der Waals surface area contributed by atoms with Crippen LogP contribution in [0.1, 0.15) is 31.2 Å². The summed E-state index contributed by atoms with van der Waals surface area (Å²) in [5.41, 5.74) is 1.31. The first-order valence-corrected chi connectivity index (χ1v) is 6.67. The molecule has 100 valence electrons. The fourth-order valence-electron chi connectivity index (χ4n) is 2.42. The number of benzene rings is 1. The SMILES string of the molecule is N#Cc1cc(NC2CCC(C(=O)O)CC2)ccc1Cl. The molecule has 0 aromatic heterocycles. The van der Waals surface area contributed by atoms with Crippen molar-refractivity contribution in [2.75, 3.05) is 5.32 Å². The van der Waals surface area contributed by atoms with E-state index in [1.807, 2.05) is 12.1 Å². The van der Waals surface area contributed by atoms with Gasteiger partial charge in [0.05, 0.1) is 16.5 Å². The van der Waals surface area contributed by atoms with Crippen LogP contribution in [0, 0.1) is 17.2 Å². The Morgan fingerprint density at radius 2 is 2.05 bits per heavy atom. The molecule has 0 amide bonds. The number of aliphatic carboxylic acids is 1. The molecule has 4 nitrogen and oxygen atoms in total. The van der Waals surface area contributed by atoms with Crippen molar-refractivity contribution in [2.24, 2.45) is 5.92 Å². The first-order valence-electron chi connectivity index (χ1n) is 6.29. The van der Waals surface area contributed by atoms with E-state index in [2.05, 4.69) is 5.32 Å². The molecule has 5 heteroatoms. The van der Waals surface area contributed by atoms with Crippen LogP contribution < -0.4 is 5.32 Å². The zero-order valence-corrected chi connectivity index (χ0v) is 11.2. The van der Waals surface area contributed by atoms with Crippen molar-refractivity contribution in [1.29, 1.82) is 5.26 Å². The number of carbonyl (C=O) groups is 1. The normalized spacial score (nSPS) is 22.5. The van der Waals surface area contributed by atoms with Gasteiger partial charge in [0.1, 0.15) is 6.07 Å². The topological polar surface area (TPSA) is 73.1 Å². The van der Waals surface area contributed by atoms with Gasteiger partial charge in [-0.05, 0) is 43.9 Å². The molecule has 1 aliphatic carbocycles. The van der Waals surface area contributed by atoms with Gasteiger partial charge in [-0.2, -0.15) is 5.26 Å². The monoisotopic (exact) mass is 278 g/mol. The lowest BCUT2D eigenvalue weighted by Gasteiger charge is -2.27. The highest BCUT2D eigenvalue weighted by Crippen LogP contribution is 2.28. The molecule has 1 aromatic rings. The van der Waals surface area contributed by atoms with Crippen molar-refractivity contribution in [3.63, 3.8) is 0 Å². The van der Waals surface area contributed by atoms with E-state index in [0.29, 0.717) is 23.4 Å². The van der Waals surface area contributed by atoms with Crippen LogP contribution in [0.15, 0.2) is 18.2 Å². The van der Waals surface area contributed by atoms with Crippen molar-refractivity contribution in [2.45, 2.75) is 31.7 Å². The van der Waals surface area contributed by atoms with Crippen molar-refractivity contribution in [1.82, 2.24) is 0 Å². The minimum absolute atomic E-state index is 0.210. The van der Waals surface area contributed by atoms with E-state index in [0.717, 1.165) is 18.5 Å². The summed E-state index contributed by atoms with van der Waals surface area (Å²) in [5.74, 6) is -0.908. The highest BCUT2D eigenvalue weighted by atomic mass is 35.5. The second-order valence-corrected chi connectivity index (χ2v) is 5.24. The van der Waals surface area contributed by atoms with Crippen LogP contribution in [-0.2, 0) is 4.79 Å². The number of halogens is 1. The average molecular weight is 279 g/mol. The van der Waals surface area contributed by atoms with E-state index in [-0.39, 0.29) is 12.0 Å². The van der Waals surface area contributed by atoms with E-state index < -0.39 is 5.97 Å². The molecule has 0 saturated heterocycles. The maximum atomic E-state index is 10.9. The maximum absolute atomic E-state index is 10.9. The van der Waals surface area contributed by atoms with Gasteiger partial charge in [-0.1, -0.05) is 11.6 Å². The molecule has 1 aliphatic rings. The molecule has 2 rings (SSSR count). The minimum atomic E-state index is -0.697. The molecule has 19 heavy (non-hydrogen) atoms. The Kier molecular flexibility index (Phi) is 4.28. The molecule has 0 radical (unpaired) electrons. The van der Waals surface area contributed by atoms with Gasteiger partial charge in [-0.15, -0.1) is 0 Å². The summed E-state index contributed by atoms with van der Waals surface area (Å²) in [5, 5.41) is 21.6. The zero-order valence-electron chi connectivity index (χ0n) is 10.4. The highest BCUT2D eigenvalue weighted by molar-refractivity contribution is 6.31. The van der Waals surface area contributed by atoms with Crippen LogP contribution in [-0.4, -0.2) is 17.1 Å². The number of hydrogen-bond donors (Lipinski definition) is 2. The molecule has 0 heterocycles. The van der Waals surface area contributed by atoms with E-state index in [4.69, 9.17) is 22.0 Å². The maximum Gasteiger partial charge on any atom is 0.306 e. The molecule has 1 aromatic carbocycles. The Labute approximate surface area is 117 Å². The molecular formula is C14H15ClN2O2. The van der Waals surface area contributed by atoms with Gasteiger partial charge in [-0.25, -0.2) is 0 Å². The van der Waals surface area contributed by atoms with E-state index in [1.165, 1.54) is 0 Å². The lowest BCUT2D eigenvalue weighted by Crippen LogP contribution is -2.29. The number of carboxylic acids is 1. The fourth-order valence-corrected chi connectivity index (χ4v) is 2.58. The van der Waals surface area contributed by atoms with Gasteiger partial charge >= 0.3 is 5.97 Å². The Hall–Kier alpha value is -1.73. The summed E-state index contributed by atoms with van der Waals surface area (Å²) in [6.45, 7) is 0. The predicted molar refractivity (Wildman–Crippen MR) is 73.2 cm³/mol. The smallest absolute Gasteiger partial charge is 0.306 e. The average Bonchev–Trinajstić information content (AvgIpc) is 2.41. The number of hydrogen-bond acceptors (Lipinski definition) is 3. The zero-order chi connectivity index (χ0) is 13.8. The first kappa shape index (κ1) is 13.7. The first-order chi connectivity index (χ1) is 9.10. The third-order valence-corrected chi connectivity index (χ3v) is 3.86. The summed E-state index contributed by atoms with van der Waals surface area (Å²) in [6.07, 6.45) is 3.07. The van der Waals surface area contributed by atoms with Crippen LogP contribution in [0.3, 0.4) is 0 Å². The molecule has 1 fully saturated rings. The molecule has 0 bridgehead atoms. The Balaban J connectivity index is 1.96. The Morgan fingerprint density at radius 1 is 1.37 bits per heavy atom. The summed E-state index contributed by atoms with van der Waals surface area (Å²) in [4.78, 5) is 10.9. The molecule has 2 N–H and O–H groups in total. The summed E-state index contributed by atoms with van der Waals surface area (Å²) in [6, 6.07) is 7.58. The van der Waals surface area contributed by atoms with Crippen molar-refractivity contribution >= 4 is 23.3 Å².